The molecule has 0 aliphatic heterocycles. The fraction of sp³-hybridized carbons (Fsp3) is 0.308. The second-order valence-electron chi connectivity index (χ2n) is 4.44. The van der Waals surface area contributed by atoms with Crippen LogP contribution >= 0.6 is 15.9 Å². The Labute approximate surface area is 120 Å². The molecule has 2 aromatic rings. The van der Waals surface area contributed by atoms with E-state index in [9.17, 15) is 4.79 Å². The van der Waals surface area contributed by atoms with E-state index in [1.807, 2.05) is 19.0 Å². The second-order valence-corrected chi connectivity index (χ2v) is 5.29. The maximum Gasteiger partial charge on any atom is 0.213 e. The first kappa shape index (κ1) is 13.9. The van der Waals surface area contributed by atoms with Crippen LogP contribution in [0.4, 0.5) is 0 Å². The number of rotatable bonds is 5. The maximum absolute atomic E-state index is 12.4. The van der Waals surface area contributed by atoms with Gasteiger partial charge >= 0.3 is 0 Å². The monoisotopic (exact) mass is 322 g/mol. The van der Waals surface area contributed by atoms with Gasteiger partial charge in [-0.25, -0.2) is 0 Å². The van der Waals surface area contributed by atoms with Gasteiger partial charge in [-0.05, 0) is 42.2 Å². The fourth-order valence-electron chi connectivity index (χ4n) is 1.69. The molecule has 0 radical (unpaired) electrons. The van der Waals surface area contributed by atoms with E-state index in [1.165, 1.54) is 0 Å². The molecule has 0 bridgehead atoms. The van der Waals surface area contributed by atoms with Crippen molar-refractivity contribution in [2.45, 2.75) is 6.54 Å². The molecule has 0 unspecified atom stereocenters. The third kappa shape index (κ3) is 3.27. The molecule has 19 heavy (non-hydrogen) atoms. The molecule has 0 N–H and O–H groups in total. The Morgan fingerprint density at radius 2 is 2.21 bits per heavy atom. The van der Waals surface area contributed by atoms with Crippen molar-refractivity contribution in [1.29, 1.82) is 0 Å². The second kappa shape index (κ2) is 6.08. The van der Waals surface area contributed by atoms with Crippen LogP contribution in [0.15, 0.2) is 35.2 Å². The minimum absolute atomic E-state index is 0.0729. The quantitative estimate of drug-likeness (QED) is 0.788. The Balaban J connectivity index is 2.29. The summed E-state index contributed by atoms with van der Waals surface area (Å²) in [5.41, 5.74) is 1.13. The van der Waals surface area contributed by atoms with E-state index in [-0.39, 0.29) is 5.78 Å². The van der Waals surface area contributed by atoms with Crippen LogP contribution in [-0.2, 0) is 6.54 Å². The van der Waals surface area contributed by atoms with Gasteiger partial charge in [0.25, 0.3) is 0 Å². The summed E-state index contributed by atoms with van der Waals surface area (Å²) in [4.78, 5) is 18.5. The van der Waals surface area contributed by atoms with E-state index in [2.05, 4.69) is 26.0 Å². The number of pyridine rings is 1. The molecule has 0 aliphatic carbocycles. The van der Waals surface area contributed by atoms with Crippen LogP contribution in [0.3, 0.4) is 0 Å². The zero-order chi connectivity index (χ0) is 13.8. The summed E-state index contributed by atoms with van der Waals surface area (Å²) < 4.78 is 2.43. The van der Waals surface area contributed by atoms with Crippen LogP contribution < -0.4 is 0 Å². The number of ketones is 1. The molecule has 100 valence electrons. The van der Waals surface area contributed by atoms with Crippen molar-refractivity contribution in [3.63, 3.8) is 0 Å². The highest BCUT2D eigenvalue weighted by molar-refractivity contribution is 9.10. The van der Waals surface area contributed by atoms with E-state index in [0.717, 1.165) is 6.54 Å². The average Bonchev–Trinajstić information content (AvgIpc) is 2.78. The summed E-state index contributed by atoms with van der Waals surface area (Å²) in [6.45, 7) is 1.49. The minimum Gasteiger partial charge on any atom is -0.308 e. The summed E-state index contributed by atoms with van der Waals surface area (Å²) in [6.07, 6.45) is 4.87. The highest BCUT2D eigenvalue weighted by atomic mass is 79.9. The molecule has 2 rings (SSSR count). The maximum atomic E-state index is 12.4. The first-order valence-corrected chi connectivity index (χ1v) is 6.69. The summed E-state index contributed by atoms with van der Waals surface area (Å²) in [5, 5.41) is 4.24. The van der Waals surface area contributed by atoms with Crippen molar-refractivity contribution in [2.24, 2.45) is 0 Å². The first-order valence-electron chi connectivity index (χ1n) is 5.90. The lowest BCUT2D eigenvalue weighted by Gasteiger charge is -2.11. The van der Waals surface area contributed by atoms with Crippen molar-refractivity contribution < 1.29 is 4.79 Å². The zero-order valence-electron chi connectivity index (χ0n) is 10.9. The number of hydrogen-bond donors (Lipinski definition) is 0. The summed E-state index contributed by atoms with van der Waals surface area (Å²) in [6, 6.07) is 3.51. The van der Waals surface area contributed by atoms with Gasteiger partial charge in [-0.15, -0.1) is 0 Å². The van der Waals surface area contributed by atoms with Crippen LogP contribution in [0.5, 0.6) is 0 Å². The van der Waals surface area contributed by atoms with Gasteiger partial charge in [-0.2, -0.15) is 5.10 Å². The van der Waals surface area contributed by atoms with Crippen LogP contribution in [0.2, 0.25) is 0 Å². The Morgan fingerprint density at radius 1 is 1.42 bits per heavy atom. The molecule has 0 fully saturated rings. The third-order valence-corrected chi connectivity index (χ3v) is 3.27. The number of likely N-dealkylation sites (N-methyl/N-ethyl adjacent to an activating group) is 1. The summed E-state index contributed by atoms with van der Waals surface area (Å²) in [7, 11) is 3.97. The van der Waals surface area contributed by atoms with Crippen molar-refractivity contribution >= 4 is 21.7 Å². The topological polar surface area (TPSA) is 51.0 Å². The largest absolute Gasteiger partial charge is 0.308 e. The van der Waals surface area contributed by atoms with E-state index < -0.39 is 0 Å². The molecule has 2 aromatic heterocycles. The van der Waals surface area contributed by atoms with Gasteiger partial charge in [0.15, 0.2) is 0 Å². The number of aromatic nitrogens is 3. The highest BCUT2D eigenvalue weighted by Crippen LogP contribution is 2.19. The molecule has 2 heterocycles. The summed E-state index contributed by atoms with van der Waals surface area (Å²) >= 11 is 3.38. The van der Waals surface area contributed by atoms with E-state index in [1.54, 1.807) is 35.4 Å². The zero-order valence-corrected chi connectivity index (χ0v) is 12.5. The van der Waals surface area contributed by atoms with Crippen molar-refractivity contribution in [3.8, 4) is 0 Å². The summed E-state index contributed by atoms with van der Waals surface area (Å²) in [5.74, 6) is -0.0729. The number of halogens is 1. The lowest BCUT2D eigenvalue weighted by Crippen LogP contribution is -2.21. The SMILES string of the molecule is CN(C)CCn1ncc(Br)c1C(=O)c1cccnc1. The minimum atomic E-state index is -0.0729. The van der Waals surface area contributed by atoms with Gasteiger partial charge in [0.2, 0.25) is 5.78 Å². The Bertz CT molecular complexity index is 565. The molecule has 0 spiro atoms. The molecular formula is C13H15BrN4O. The molecule has 6 heteroatoms. The molecule has 0 aliphatic rings. The molecule has 5 nitrogen and oxygen atoms in total. The third-order valence-electron chi connectivity index (χ3n) is 2.69. The predicted molar refractivity (Wildman–Crippen MR) is 76.2 cm³/mol. The van der Waals surface area contributed by atoms with Gasteiger partial charge < -0.3 is 4.90 Å². The standard InChI is InChI=1S/C13H15BrN4O/c1-17(2)6-7-18-12(11(14)9-16-18)13(19)10-4-3-5-15-8-10/h3-5,8-9H,6-7H2,1-2H3. The molecular weight excluding hydrogens is 308 g/mol. The number of carbonyl (C=O) groups excluding carboxylic acids is 1. The van der Waals surface area contributed by atoms with Crippen molar-refractivity contribution in [3.05, 3.63) is 46.5 Å². The van der Waals surface area contributed by atoms with Gasteiger partial charge in [-0.1, -0.05) is 0 Å². The number of hydrogen-bond acceptors (Lipinski definition) is 4. The Morgan fingerprint density at radius 3 is 2.84 bits per heavy atom. The van der Waals surface area contributed by atoms with E-state index >= 15 is 0 Å². The van der Waals surface area contributed by atoms with Gasteiger partial charge in [0.05, 0.1) is 17.2 Å². The van der Waals surface area contributed by atoms with Gasteiger partial charge in [0, 0.05) is 24.5 Å². The first-order chi connectivity index (χ1) is 9.09. The smallest absolute Gasteiger partial charge is 0.213 e. The number of carbonyl (C=O) groups is 1. The molecule has 0 saturated heterocycles. The molecule has 0 saturated carbocycles. The Hall–Kier alpha value is -1.53. The fourth-order valence-corrected chi connectivity index (χ4v) is 2.16. The van der Waals surface area contributed by atoms with E-state index in [4.69, 9.17) is 0 Å². The van der Waals surface area contributed by atoms with Crippen LogP contribution in [0.1, 0.15) is 16.1 Å². The normalized spacial score (nSPS) is 10.9. The molecule has 0 aromatic carbocycles. The van der Waals surface area contributed by atoms with Gasteiger partial charge in [0.1, 0.15) is 5.69 Å². The number of nitrogens with zero attached hydrogens (tertiary/aromatic N) is 4. The highest BCUT2D eigenvalue weighted by Gasteiger charge is 2.18. The molecule has 0 atom stereocenters. The van der Waals surface area contributed by atoms with Crippen LogP contribution in [0.25, 0.3) is 0 Å². The van der Waals surface area contributed by atoms with Crippen molar-refractivity contribution in [1.82, 2.24) is 19.7 Å². The van der Waals surface area contributed by atoms with Crippen LogP contribution in [-0.4, -0.2) is 46.1 Å². The van der Waals surface area contributed by atoms with Crippen molar-refractivity contribution in [2.75, 3.05) is 20.6 Å². The Kier molecular flexibility index (Phi) is 4.44. The van der Waals surface area contributed by atoms with Gasteiger partial charge in [-0.3, -0.25) is 14.5 Å². The molecule has 0 amide bonds. The van der Waals surface area contributed by atoms with Crippen LogP contribution in [0, 0.1) is 0 Å². The average molecular weight is 323 g/mol. The van der Waals surface area contributed by atoms with E-state index in [0.29, 0.717) is 22.3 Å². The lowest BCUT2D eigenvalue weighted by atomic mass is 10.1. The lowest BCUT2D eigenvalue weighted by molar-refractivity contribution is 0.102. The predicted octanol–water partition coefficient (Wildman–Crippen LogP) is 1.83.